The van der Waals surface area contributed by atoms with Gasteiger partial charge < -0.3 is 4.74 Å². The molecule has 0 saturated heterocycles. The van der Waals surface area contributed by atoms with Crippen LogP contribution in [0.1, 0.15) is 28.3 Å². The largest absolute Gasteiger partial charge is 0.468 e. The zero-order valence-corrected chi connectivity index (χ0v) is 5.65. The Kier molecular flexibility index (Phi) is 1.18. The Morgan fingerprint density at radius 1 is 1.89 bits per heavy atom. The Balaban J connectivity index is 4.81. The maximum atomic E-state index is 9.86. The summed E-state index contributed by atoms with van der Waals surface area (Å²) in [7, 11) is 0. The Labute approximate surface area is 69.4 Å². The summed E-state index contributed by atoms with van der Waals surface area (Å²) in [6.07, 6.45) is -0.359. The van der Waals surface area contributed by atoms with E-state index in [2.05, 4.69) is 17.4 Å². The maximum Gasteiger partial charge on any atom is 0.293 e. The molecule has 0 fully saturated rings. The van der Waals surface area contributed by atoms with E-state index in [1.54, 1.807) is 0 Å². The molecule has 9 heavy (non-hydrogen) atoms. The Morgan fingerprint density at radius 2 is 2.56 bits per heavy atom. The van der Waals surface area contributed by atoms with Crippen LogP contribution in [0.25, 0.3) is 0 Å². The van der Waals surface area contributed by atoms with Crippen LogP contribution in [-0.4, -0.2) is 17.8 Å². The van der Waals surface area contributed by atoms with E-state index in [9.17, 15) is 4.79 Å². The predicted octanol–water partition coefficient (Wildman–Crippen LogP) is 1.26. The van der Waals surface area contributed by atoms with E-state index in [1.807, 2.05) is 0 Å². The first-order chi connectivity index (χ1) is 6.56. The fraction of sp³-hybridized carbons (Fsp3) is 0.833. The van der Waals surface area contributed by atoms with E-state index in [1.165, 1.54) is 0 Å². The summed E-state index contributed by atoms with van der Waals surface area (Å²) in [6.45, 7) is -5.67. The van der Waals surface area contributed by atoms with Crippen molar-refractivity contribution in [2.75, 3.05) is 6.61 Å². The molecule has 0 atom stereocenters. The van der Waals surface area contributed by atoms with E-state index < -0.39 is 18.5 Å². The summed E-state index contributed by atoms with van der Waals surface area (Å²) in [4.78, 5) is 9.86. The van der Waals surface area contributed by atoms with Crippen LogP contribution in [0.3, 0.4) is 0 Å². The molecule has 0 heterocycles. The lowest BCUT2D eigenvalue weighted by molar-refractivity contribution is -0.128. The van der Waals surface area contributed by atoms with Gasteiger partial charge in [0.15, 0.2) is 0 Å². The molecule has 0 radical (unpaired) electrons. The highest BCUT2D eigenvalue weighted by molar-refractivity contribution is 7.81. The molecule has 0 amide bonds. The highest BCUT2D eigenvalue weighted by atomic mass is 32.1. The summed E-state index contributed by atoms with van der Waals surface area (Å²) < 4.78 is 44.9. The second-order valence-electron chi connectivity index (χ2n) is 1.58. The molecule has 0 aliphatic carbocycles. The van der Waals surface area contributed by atoms with E-state index >= 15 is 0 Å². The highest BCUT2D eigenvalue weighted by Gasteiger charge is 2.09. The van der Waals surface area contributed by atoms with Gasteiger partial charge in [-0.25, -0.2) is 0 Å². The van der Waals surface area contributed by atoms with Crippen LogP contribution in [0.15, 0.2) is 0 Å². The number of hydrogen-bond acceptors (Lipinski definition) is 3. The third-order valence-electron chi connectivity index (χ3n) is 0.650. The Bertz CT molecular complexity index is 209. The van der Waals surface area contributed by atoms with Crippen LogP contribution in [0.5, 0.6) is 0 Å². The molecular formula is C6H12O2S. The average Bonchev–Trinajstić information content (AvgIpc) is 2.00. The molecule has 0 bridgehead atoms. The number of thiol groups is 1. The zero-order chi connectivity index (χ0) is 12.3. The topological polar surface area (TPSA) is 26.3 Å². The van der Waals surface area contributed by atoms with Crippen molar-refractivity contribution in [2.45, 2.75) is 24.9 Å². The molecule has 0 spiro atoms. The number of rotatable bonds is 4. The summed E-state index contributed by atoms with van der Waals surface area (Å²) >= 11 is 3.73. The van der Waals surface area contributed by atoms with Gasteiger partial charge in [0.05, 0.1) is 6.61 Å². The standard InChI is InChI=1S/C6H12O2S/c1-6(2,9)3-4-8-5-7/h5,9H,3-4H2,1-2H3/i1D3,2D3. The van der Waals surface area contributed by atoms with Crippen molar-refractivity contribution in [3.05, 3.63) is 0 Å². The van der Waals surface area contributed by atoms with Crippen LogP contribution in [-0.2, 0) is 9.53 Å². The molecule has 0 aromatic rings. The molecule has 0 aromatic carbocycles. The first kappa shape index (κ1) is 2.82. The fourth-order valence-corrected chi connectivity index (χ4v) is 0.346. The van der Waals surface area contributed by atoms with Crippen molar-refractivity contribution >= 4 is 19.1 Å². The zero-order valence-electron chi connectivity index (χ0n) is 10.8. The third kappa shape index (κ3) is 7.82. The van der Waals surface area contributed by atoms with Gasteiger partial charge in [0.25, 0.3) is 6.47 Å². The van der Waals surface area contributed by atoms with Crippen molar-refractivity contribution in [3.8, 4) is 0 Å². The number of carbonyl (C=O) groups excluding carboxylic acids is 1. The molecule has 2 nitrogen and oxygen atoms in total. The molecule has 0 unspecified atom stereocenters. The third-order valence-corrected chi connectivity index (χ3v) is 0.873. The van der Waals surface area contributed by atoms with Gasteiger partial charge in [0.2, 0.25) is 0 Å². The quantitative estimate of drug-likeness (QED) is 0.375. The molecular weight excluding hydrogens is 136 g/mol. The molecule has 0 aliphatic heterocycles. The fourth-order valence-electron chi connectivity index (χ4n) is 0.255. The van der Waals surface area contributed by atoms with Crippen LogP contribution >= 0.6 is 12.6 Å². The first-order valence-corrected chi connectivity index (χ1v) is 2.78. The van der Waals surface area contributed by atoms with Gasteiger partial charge in [-0.1, -0.05) is 13.7 Å². The average molecular weight is 154 g/mol. The summed E-state index contributed by atoms with van der Waals surface area (Å²) in [5.74, 6) is 0. The van der Waals surface area contributed by atoms with Gasteiger partial charge in [-0.3, -0.25) is 4.79 Å². The molecule has 0 rings (SSSR count). The van der Waals surface area contributed by atoms with Crippen molar-refractivity contribution in [3.63, 3.8) is 0 Å². The van der Waals surface area contributed by atoms with Crippen molar-refractivity contribution in [1.29, 1.82) is 0 Å². The van der Waals surface area contributed by atoms with Crippen LogP contribution in [0.4, 0.5) is 0 Å². The van der Waals surface area contributed by atoms with E-state index in [0.717, 1.165) is 0 Å². The second kappa shape index (κ2) is 3.77. The molecule has 0 aliphatic rings. The minimum Gasteiger partial charge on any atom is -0.468 e. The summed E-state index contributed by atoms with van der Waals surface area (Å²) in [6, 6.07) is 0. The number of hydrogen-bond donors (Lipinski definition) is 1. The van der Waals surface area contributed by atoms with Gasteiger partial charge in [0, 0.05) is 13.0 Å². The number of carbonyl (C=O) groups is 1. The first-order valence-electron chi connectivity index (χ1n) is 5.34. The van der Waals surface area contributed by atoms with Gasteiger partial charge in [-0.05, 0) is 6.42 Å². The molecule has 0 aromatic heterocycles. The van der Waals surface area contributed by atoms with Crippen molar-refractivity contribution in [1.82, 2.24) is 0 Å². The lowest BCUT2D eigenvalue weighted by Gasteiger charge is -2.15. The lowest BCUT2D eigenvalue weighted by Crippen LogP contribution is -2.13. The highest BCUT2D eigenvalue weighted by Crippen LogP contribution is 2.15. The molecule has 54 valence electrons. The predicted molar refractivity (Wildman–Crippen MR) is 39.7 cm³/mol. The minimum atomic E-state index is -2.76. The van der Waals surface area contributed by atoms with Crippen LogP contribution in [0, 0.1) is 0 Å². The van der Waals surface area contributed by atoms with Gasteiger partial charge in [-0.15, -0.1) is 0 Å². The lowest BCUT2D eigenvalue weighted by atomic mass is 10.1. The Hall–Kier alpha value is -0.180. The van der Waals surface area contributed by atoms with Crippen molar-refractivity contribution in [2.24, 2.45) is 0 Å². The van der Waals surface area contributed by atoms with Gasteiger partial charge in [-0.2, -0.15) is 12.6 Å². The Morgan fingerprint density at radius 3 is 3.00 bits per heavy atom. The normalized spacial score (nSPS) is 23.7. The second-order valence-corrected chi connectivity index (χ2v) is 2.34. The number of ether oxygens (including phenoxy) is 1. The molecule has 0 N–H and O–H groups in total. The van der Waals surface area contributed by atoms with E-state index in [-0.39, 0.29) is 19.5 Å². The summed E-state index contributed by atoms with van der Waals surface area (Å²) in [5.41, 5.74) is 0. The monoisotopic (exact) mass is 154 g/mol. The smallest absolute Gasteiger partial charge is 0.293 e. The van der Waals surface area contributed by atoms with Crippen LogP contribution < -0.4 is 0 Å². The minimum absolute atomic E-state index is 0.132. The maximum absolute atomic E-state index is 9.86. The summed E-state index contributed by atoms with van der Waals surface area (Å²) in [5, 5.41) is 0. The molecule has 3 heteroatoms. The van der Waals surface area contributed by atoms with Gasteiger partial charge >= 0.3 is 0 Å². The van der Waals surface area contributed by atoms with Crippen LogP contribution in [0.2, 0.25) is 0 Å². The SMILES string of the molecule is [2H]C([2H])([2H])C(S)(CCOC=O)C([2H])([2H])[2H]. The van der Waals surface area contributed by atoms with E-state index in [0.29, 0.717) is 0 Å². The van der Waals surface area contributed by atoms with Crippen molar-refractivity contribution < 1.29 is 17.8 Å². The van der Waals surface area contributed by atoms with Gasteiger partial charge in [0.1, 0.15) is 0 Å². The molecule has 0 saturated carbocycles. The van der Waals surface area contributed by atoms with E-state index in [4.69, 9.17) is 8.22 Å².